The van der Waals surface area contributed by atoms with Gasteiger partial charge in [-0.25, -0.2) is 9.78 Å². The summed E-state index contributed by atoms with van der Waals surface area (Å²) < 4.78 is 13.3. The zero-order chi connectivity index (χ0) is 26.8. The topological polar surface area (TPSA) is 122 Å². The van der Waals surface area contributed by atoms with Crippen molar-refractivity contribution in [1.29, 1.82) is 0 Å². The Morgan fingerprint density at radius 2 is 2.00 bits per heavy atom. The maximum atomic E-state index is 13.1. The number of aromatic amines is 1. The monoisotopic (exact) mass is 526 g/mol. The summed E-state index contributed by atoms with van der Waals surface area (Å²) in [5, 5.41) is 12.8. The molecule has 3 aromatic heterocycles. The standard InChI is InChI=1S/C30H30N4O5/c35-28(36)18-39-22-9-10-24-23(16-22)20(17-32-24)12-13-31-30(37)19-8-11-26-25(15-19)33-29(27-7-4-14-38-27)34(26)21-5-2-1-3-6-21/h4,7-11,14-17,21,32H,1-3,5-6,12-13,18H2,(H,31,37)(H,35,36). The SMILES string of the molecule is O=C(O)COc1ccc2[nH]cc(CCNC(=O)c3ccc4c(c3)nc(-c3ccco3)n4C3CCCCC3)c2c1. The first-order chi connectivity index (χ1) is 19.1. The molecule has 9 nitrogen and oxygen atoms in total. The van der Waals surface area contributed by atoms with Gasteiger partial charge in [-0.2, -0.15) is 0 Å². The minimum atomic E-state index is -1.02. The molecular weight excluding hydrogens is 496 g/mol. The van der Waals surface area contributed by atoms with E-state index < -0.39 is 12.6 Å². The number of H-pyrrole nitrogens is 1. The second-order valence-electron chi connectivity index (χ2n) is 9.99. The number of ether oxygens (including phenoxy) is 1. The molecule has 1 aliphatic carbocycles. The molecule has 3 N–H and O–H groups in total. The maximum absolute atomic E-state index is 13.1. The number of aromatic nitrogens is 3. The lowest BCUT2D eigenvalue weighted by Crippen LogP contribution is -2.25. The van der Waals surface area contributed by atoms with Crippen LogP contribution in [0.5, 0.6) is 5.75 Å². The molecule has 0 radical (unpaired) electrons. The smallest absolute Gasteiger partial charge is 0.341 e. The second kappa shape index (κ2) is 10.7. The van der Waals surface area contributed by atoms with Gasteiger partial charge in [0.25, 0.3) is 5.91 Å². The molecule has 5 aromatic rings. The minimum absolute atomic E-state index is 0.158. The highest BCUT2D eigenvalue weighted by Crippen LogP contribution is 2.36. The van der Waals surface area contributed by atoms with E-state index in [0.29, 0.717) is 30.3 Å². The Hall–Kier alpha value is -4.53. The van der Waals surface area contributed by atoms with Crippen LogP contribution < -0.4 is 10.1 Å². The largest absolute Gasteiger partial charge is 0.482 e. The van der Waals surface area contributed by atoms with Crippen LogP contribution in [-0.4, -0.2) is 44.7 Å². The Labute approximate surface area is 224 Å². The Kier molecular flexibility index (Phi) is 6.79. The molecule has 9 heteroatoms. The van der Waals surface area contributed by atoms with Crippen molar-refractivity contribution in [3.63, 3.8) is 0 Å². The fourth-order valence-electron chi connectivity index (χ4n) is 5.54. The molecule has 2 aromatic carbocycles. The third-order valence-corrected chi connectivity index (χ3v) is 7.41. The molecule has 6 rings (SSSR count). The van der Waals surface area contributed by atoms with Crippen LogP contribution in [0.4, 0.5) is 0 Å². The first kappa shape index (κ1) is 24.8. The lowest BCUT2D eigenvalue weighted by Gasteiger charge is -2.25. The summed E-state index contributed by atoms with van der Waals surface area (Å²) in [6.45, 7) is 0.0474. The average Bonchev–Trinajstić information content (AvgIpc) is 3.70. The van der Waals surface area contributed by atoms with E-state index in [9.17, 15) is 9.59 Å². The number of hydrogen-bond donors (Lipinski definition) is 3. The predicted octanol–water partition coefficient (Wildman–Crippen LogP) is 5.72. The van der Waals surface area contributed by atoms with Gasteiger partial charge in [-0.1, -0.05) is 19.3 Å². The molecular formula is C30H30N4O5. The molecule has 0 unspecified atom stereocenters. The molecule has 0 aliphatic heterocycles. The van der Waals surface area contributed by atoms with E-state index in [1.807, 2.05) is 48.7 Å². The van der Waals surface area contributed by atoms with Crippen LogP contribution in [0.25, 0.3) is 33.5 Å². The molecule has 0 spiro atoms. The molecule has 1 aliphatic rings. The molecule has 200 valence electrons. The first-order valence-electron chi connectivity index (χ1n) is 13.4. The van der Waals surface area contributed by atoms with E-state index in [2.05, 4.69) is 14.9 Å². The Morgan fingerprint density at radius 1 is 1.13 bits per heavy atom. The van der Waals surface area contributed by atoms with Crippen molar-refractivity contribution in [2.45, 2.75) is 44.6 Å². The lowest BCUT2D eigenvalue weighted by atomic mass is 9.95. The number of imidazole rings is 1. The van der Waals surface area contributed by atoms with Crippen molar-refractivity contribution in [2.75, 3.05) is 13.2 Å². The summed E-state index contributed by atoms with van der Waals surface area (Å²) in [6.07, 6.45) is 10.1. The van der Waals surface area contributed by atoms with Gasteiger partial charge in [-0.15, -0.1) is 0 Å². The summed E-state index contributed by atoms with van der Waals surface area (Å²) in [5.74, 6) is 0.852. The van der Waals surface area contributed by atoms with Gasteiger partial charge in [-0.3, -0.25) is 4.79 Å². The summed E-state index contributed by atoms with van der Waals surface area (Å²) in [6, 6.07) is 15.3. The number of carbonyl (C=O) groups excluding carboxylic acids is 1. The van der Waals surface area contributed by atoms with Gasteiger partial charge in [0, 0.05) is 35.2 Å². The number of aliphatic carboxylic acids is 1. The van der Waals surface area contributed by atoms with Crippen molar-refractivity contribution in [3.05, 3.63) is 72.1 Å². The van der Waals surface area contributed by atoms with Gasteiger partial charge in [0.05, 0.1) is 17.3 Å². The van der Waals surface area contributed by atoms with Crippen LogP contribution in [0.2, 0.25) is 0 Å². The number of benzene rings is 2. The van der Waals surface area contributed by atoms with E-state index in [-0.39, 0.29) is 5.91 Å². The molecule has 0 saturated heterocycles. The van der Waals surface area contributed by atoms with Gasteiger partial charge in [0.15, 0.2) is 18.2 Å². The number of furan rings is 1. The Balaban J connectivity index is 1.18. The summed E-state index contributed by atoms with van der Waals surface area (Å²) >= 11 is 0. The van der Waals surface area contributed by atoms with E-state index >= 15 is 0 Å². The van der Waals surface area contributed by atoms with Crippen molar-refractivity contribution in [1.82, 2.24) is 19.9 Å². The highest BCUT2D eigenvalue weighted by Gasteiger charge is 2.24. The van der Waals surface area contributed by atoms with Gasteiger partial charge in [0.1, 0.15) is 5.75 Å². The number of nitrogens with zero attached hydrogens (tertiary/aromatic N) is 2. The number of carboxylic acid groups (broad SMARTS) is 1. The number of carboxylic acids is 1. The fourth-order valence-corrected chi connectivity index (χ4v) is 5.54. The lowest BCUT2D eigenvalue weighted by molar-refractivity contribution is -0.139. The highest BCUT2D eigenvalue weighted by atomic mass is 16.5. The average molecular weight is 527 g/mol. The Morgan fingerprint density at radius 3 is 2.79 bits per heavy atom. The van der Waals surface area contributed by atoms with Gasteiger partial charge in [-0.05, 0) is 73.4 Å². The fraction of sp³-hybridized carbons (Fsp3) is 0.300. The van der Waals surface area contributed by atoms with Crippen molar-refractivity contribution < 1.29 is 23.8 Å². The van der Waals surface area contributed by atoms with Crippen LogP contribution in [0.1, 0.15) is 54.1 Å². The third-order valence-electron chi connectivity index (χ3n) is 7.41. The number of rotatable bonds is 9. The molecule has 0 atom stereocenters. The first-order valence-corrected chi connectivity index (χ1v) is 13.4. The van der Waals surface area contributed by atoms with Crippen molar-refractivity contribution in [2.24, 2.45) is 0 Å². The van der Waals surface area contributed by atoms with Gasteiger partial charge >= 0.3 is 5.97 Å². The molecule has 1 amide bonds. The van der Waals surface area contributed by atoms with Crippen LogP contribution in [-0.2, 0) is 11.2 Å². The maximum Gasteiger partial charge on any atom is 0.341 e. The summed E-state index contributed by atoms with van der Waals surface area (Å²) in [5.41, 5.74) is 4.29. The van der Waals surface area contributed by atoms with Crippen LogP contribution in [0.15, 0.2) is 65.4 Å². The number of fused-ring (bicyclic) bond motifs is 2. The van der Waals surface area contributed by atoms with E-state index in [0.717, 1.165) is 51.9 Å². The Bertz CT molecular complexity index is 1630. The van der Waals surface area contributed by atoms with E-state index in [1.54, 1.807) is 12.3 Å². The predicted molar refractivity (Wildman–Crippen MR) is 147 cm³/mol. The number of amides is 1. The number of carbonyl (C=O) groups is 2. The van der Waals surface area contributed by atoms with Crippen molar-refractivity contribution in [3.8, 4) is 17.3 Å². The summed E-state index contributed by atoms with van der Waals surface area (Å²) in [7, 11) is 0. The summed E-state index contributed by atoms with van der Waals surface area (Å²) in [4.78, 5) is 32.0. The quantitative estimate of drug-likeness (QED) is 0.226. The zero-order valence-corrected chi connectivity index (χ0v) is 21.5. The third kappa shape index (κ3) is 5.12. The second-order valence-corrected chi connectivity index (χ2v) is 9.99. The molecule has 3 heterocycles. The van der Waals surface area contributed by atoms with Crippen molar-refractivity contribution >= 4 is 33.8 Å². The zero-order valence-electron chi connectivity index (χ0n) is 21.5. The van der Waals surface area contributed by atoms with Gasteiger partial charge < -0.3 is 29.1 Å². The molecule has 1 fully saturated rings. The van der Waals surface area contributed by atoms with E-state index in [4.69, 9.17) is 19.2 Å². The number of hydrogen-bond acceptors (Lipinski definition) is 5. The number of nitrogens with one attached hydrogen (secondary N) is 2. The molecule has 39 heavy (non-hydrogen) atoms. The van der Waals surface area contributed by atoms with E-state index in [1.165, 1.54) is 19.3 Å². The molecule has 0 bridgehead atoms. The van der Waals surface area contributed by atoms with Crippen LogP contribution in [0, 0.1) is 0 Å². The van der Waals surface area contributed by atoms with Crippen LogP contribution in [0.3, 0.4) is 0 Å². The highest BCUT2D eigenvalue weighted by molar-refractivity contribution is 5.98. The van der Waals surface area contributed by atoms with Gasteiger partial charge in [0.2, 0.25) is 0 Å². The van der Waals surface area contributed by atoms with Crippen LogP contribution >= 0.6 is 0 Å². The minimum Gasteiger partial charge on any atom is -0.482 e. The molecule has 1 saturated carbocycles. The normalized spacial score (nSPS) is 14.2.